The molecule has 2 aromatic heterocycles. The number of nitrogens with zero attached hydrogens (tertiary/aromatic N) is 4. The molecule has 0 radical (unpaired) electrons. The summed E-state index contributed by atoms with van der Waals surface area (Å²) < 4.78 is 6.92. The lowest BCUT2D eigenvalue weighted by Gasteiger charge is -2.13. The Morgan fingerprint density at radius 2 is 2.21 bits per heavy atom. The summed E-state index contributed by atoms with van der Waals surface area (Å²) in [6.45, 7) is 0.366. The van der Waals surface area contributed by atoms with Crippen LogP contribution in [0.2, 0.25) is 0 Å². The van der Waals surface area contributed by atoms with Gasteiger partial charge in [0.15, 0.2) is 0 Å². The Hall–Kier alpha value is -3.00. The Labute approximate surface area is 161 Å². The van der Waals surface area contributed by atoms with Crippen LogP contribution in [0.1, 0.15) is 58.6 Å². The van der Waals surface area contributed by atoms with Crippen molar-refractivity contribution < 1.29 is 14.4 Å². The molecule has 0 bridgehead atoms. The third-order valence-corrected chi connectivity index (χ3v) is 5.38. The molecular formula is C20H21N5O3. The number of aliphatic hydroxyl groups excluding tert-OH is 1. The highest BCUT2D eigenvalue weighted by atomic mass is 16.5. The van der Waals surface area contributed by atoms with E-state index in [0.717, 1.165) is 42.7 Å². The topological polar surface area (TPSA) is 106 Å². The molecule has 8 nitrogen and oxygen atoms in total. The Kier molecular flexibility index (Phi) is 4.20. The number of aromatic nitrogens is 4. The molecule has 2 aliphatic rings. The minimum atomic E-state index is -0.154. The molecular weight excluding hydrogens is 358 g/mol. The van der Waals surface area contributed by atoms with Crippen molar-refractivity contribution in [1.29, 1.82) is 0 Å². The maximum Gasteiger partial charge on any atom is 0.254 e. The van der Waals surface area contributed by atoms with Gasteiger partial charge in [0.1, 0.15) is 0 Å². The van der Waals surface area contributed by atoms with Crippen LogP contribution in [0, 0.1) is 0 Å². The fourth-order valence-corrected chi connectivity index (χ4v) is 3.70. The zero-order valence-electron chi connectivity index (χ0n) is 15.3. The maximum atomic E-state index is 12.5. The van der Waals surface area contributed by atoms with E-state index in [1.54, 1.807) is 10.9 Å². The maximum absolute atomic E-state index is 12.5. The molecule has 1 atom stereocenters. The van der Waals surface area contributed by atoms with E-state index in [9.17, 15) is 4.79 Å². The number of carbonyl (C=O) groups excluding carboxylic acids is 1. The van der Waals surface area contributed by atoms with Gasteiger partial charge in [0.2, 0.25) is 11.7 Å². The van der Waals surface area contributed by atoms with Crippen LogP contribution in [0.3, 0.4) is 0 Å². The standard InChI is InChI=1S/C20H21N5O3/c26-8-7-25-11-15(10-21-25)19(27)22-17-6-4-13-9-14(3-5-16(13)17)18-23-20(28-24-18)12-1-2-12/h3,5,9-12,17,26H,1-2,4,6-8H2,(H,22,27)/t17-/m1/s1. The molecule has 144 valence electrons. The molecule has 1 amide bonds. The number of benzene rings is 1. The molecule has 8 heteroatoms. The van der Waals surface area contributed by atoms with Crippen molar-refractivity contribution in [3.8, 4) is 11.4 Å². The van der Waals surface area contributed by atoms with Crippen LogP contribution in [0.15, 0.2) is 35.1 Å². The smallest absolute Gasteiger partial charge is 0.254 e. The van der Waals surface area contributed by atoms with Crippen molar-refractivity contribution in [3.05, 3.63) is 53.2 Å². The summed E-state index contributed by atoms with van der Waals surface area (Å²) in [5, 5.41) is 20.3. The van der Waals surface area contributed by atoms with E-state index in [0.29, 0.717) is 23.9 Å². The lowest BCUT2D eigenvalue weighted by molar-refractivity contribution is 0.0936. The SMILES string of the molecule is O=C(N[C@@H]1CCc2cc(-c3noc(C4CC4)n3)ccc21)c1cnn(CCO)c1. The average Bonchev–Trinajstić information content (AvgIpc) is 3.09. The largest absolute Gasteiger partial charge is 0.394 e. The predicted molar refractivity (Wildman–Crippen MR) is 99.6 cm³/mol. The first-order valence-corrected chi connectivity index (χ1v) is 9.62. The quantitative estimate of drug-likeness (QED) is 0.680. The van der Waals surface area contributed by atoms with Gasteiger partial charge in [-0.25, -0.2) is 0 Å². The zero-order chi connectivity index (χ0) is 19.1. The summed E-state index contributed by atoms with van der Waals surface area (Å²) in [7, 11) is 0. The molecule has 5 rings (SSSR count). The van der Waals surface area contributed by atoms with Gasteiger partial charge >= 0.3 is 0 Å². The van der Waals surface area contributed by atoms with Crippen LogP contribution in [-0.2, 0) is 13.0 Å². The highest BCUT2D eigenvalue weighted by molar-refractivity contribution is 5.94. The van der Waals surface area contributed by atoms with Crippen LogP contribution in [0.4, 0.5) is 0 Å². The predicted octanol–water partition coefficient (Wildman–Crippen LogP) is 2.22. The molecule has 1 aromatic carbocycles. The fourth-order valence-electron chi connectivity index (χ4n) is 3.70. The molecule has 1 saturated carbocycles. The van der Waals surface area contributed by atoms with Crippen LogP contribution in [0.5, 0.6) is 0 Å². The van der Waals surface area contributed by atoms with Gasteiger partial charge in [-0.2, -0.15) is 10.1 Å². The van der Waals surface area contributed by atoms with Gasteiger partial charge in [0.25, 0.3) is 5.91 Å². The molecule has 0 saturated heterocycles. The number of nitrogens with one attached hydrogen (secondary N) is 1. The van der Waals surface area contributed by atoms with Crippen molar-refractivity contribution in [1.82, 2.24) is 25.2 Å². The first-order chi connectivity index (χ1) is 13.7. The van der Waals surface area contributed by atoms with Crippen molar-refractivity contribution in [2.45, 2.75) is 44.2 Å². The van der Waals surface area contributed by atoms with Crippen LogP contribution < -0.4 is 5.32 Å². The Morgan fingerprint density at radius 3 is 3.04 bits per heavy atom. The number of hydrogen-bond acceptors (Lipinski definition) is 6. The van der Waals surface area contributed by atoms with Gasteiger partial charge in [0, 0.05) is 17.7 Å². The second kappa shape index (κ2) is 6.87. The van der Waals surface area contributed by atoms with Gasteiger partial charge in [-0.15, -0.1) is 0 Å². The van der Waals surface area contributed by atoms with Gasteiger partial charge in [-0.05, 0) is 42.9 Å². The molecule has 0 spiro atoms. The summed E-state index contributed by atoms with van der Waals surface area (Å²) in [6.07, 6.45) is 7.19. The summed E-state index contributed by atoms with van der Waals surface area (Å²) in [5.41, 5.74) is 3.78. The highest BCUT2D eigenvalue weighted by Crippen LogP contribution is 2.40. The highest BCUT2D eigenvalue weighted by Gasteiger charge is 2.30. The normalized spacial score (nSPS) is 18.2. The van der Waals surface area contributed by atoms with Crippen LogP contribution in [0.25, 0.3) is 11.4 Å². The van der Waals surface area contributed by atoms with Gasteiger partial charge in [-0.1, -0.05) is 17.3 Å². The van der Waals surface area contributed by atoms with Gasteiger partial charge in [0.05, 0.1) is 31.0 Å². The Morgan fingerprint density at radius 1 is 1.32 bits per heavy atom. The molecule has 28 heavy (non-hydrogen) atoms. The van der Waals surface area contributed by atoms with Crippen molar-refractivity contribution in [2.24, 2.45) is 0 Å². The van der Waals surface area contributed by atoms with Crippen molar-refractivity contribution >= 4 is 5.91 Å². The number of rotatable bonds is 6. The number of amides is 1. The van der Waals surface area contributed by atoms with E-state index in [4.69, 9.17) is 9.63 Å². The fraction of sp³-hybridized carbons (Fsp3) is 0.400. The first-order valence-electron chi connectivity index (χ1n) is 9.62. The van der Waals surface area contributed by atoms with Crippen molar-refractivity contribution in [2.75, 3.05) is 6.61 Å². The Balaban J connectivity index is 1.31. The van der Waals surface area contributed by atoms with Gasteiger partial charge in [-0.3, -0.25) is 9.48 Å². The molecule has 1 fully saturated rings. The number of fused-ring (bicyclic) bond motifs is 1. The lowest BCUT2D eigenvalue weighted by atomic mass is 10.0. The summed E-state index contributed by atoms with van der Waals surface area (Å²) in [5.74, 6) is 1.66. The molecule has 3 aromatic rings. The van der Waals surface area contributed by atoms with Crippen LogP contribution >= 0.6 is 0 Å². The third-order valence-electron chi connectivity index (χ3n) is 5.38. The van der Waals surface area contributed by atoms with E-state index in [1.165, 1.54) is 11.8 Å². The van der Waals surface area contributed by atoms with E-state index < -0.39 is 0 Å². The monoisotopic (exact) mass is 379 g/mol. The van der Waals surface area contributed by atoms with Crippen molar-refractivity contribution in [3.63, 3.8) is 0 Å². The summed E-state index contributed by atoms with van der Waals surface area (Å²) in [4.78, 5) is 17.0. The number of carbonyl (C=O) groups is 1. The zero-order valence-corrected chi connectivity index (χ0v) is 15.3. The average molecular weight is 379 g/mol. The van der Waals surface area contributed by atoms with Crippen LogP contribution in [-0.4, -0.2) is 37.5 Å². The Bertz CT molecular complexity index is 1020. The molecule has 2 N–H and O–H groups in total. The van der Waals surface area contributed by atoms with E-state index in [-0.39, 0.29) is 18.6 Å². The number of aliphatic hydroxyl groups is 1. The van der Waals surface area contributed by atoms with E-state index in [2.05, 4.69) is 26.6 Å². The van der Waals surface area contributed by atoms with E-state index in [1.807, 2.05) is 12.1 Å². The summed E-state index contributed by atoms with van der Waals surface area (Å²) in [6, 6.07) is 6.11. The number of hydrogen-bond donors (Lipinski definition) is 2. The molecule has 0 unspecified atom stereocenters. The molecule has 2 heterocycles. The minimum Gasteiger partial charge on any atom is -0.394 e. The first kappa shape index (κ1) is 17.1. The molecule has 0 aliphatic heterocycles. The second-order valence-electron chi connectivity index (χ2n) is 7.42. The summed E-state index contributed by atoms with van der Waals surface area (Å²) >= 11 is 0. The second-order valence-corrected chi connectivity index (χ2v) is 7.42. The minimum absolute atomic E-state index is 0.0103. The number of aryl methyl sites for hydroxylation is 1. The third kappa shape index (κ3) is 3.20. The van der Waals surface area contributed by atoms with Gasteiger partial charge < -0.3 is 14.9 Å². The molecule has 2 aliphatic carbocycles. The lowest BCUT2D eigenvalue weighted by Crippen LogP contribution is -2.26. The van der Waals surface area contributed by atoms with E-state index >= 15 is 0 Å².